The van der Waals surface area contributed by atoms with Gasteiger partial charge in [0.1, 0.15) is 0 Å². The van der Waals surface area contributed by atoms with Crippen molar-refractivity contribution in [2.75, 3.05) is 13.6 Å². The number of pyridine rings is 1. The highest BCUT2D eigenvalue weighted by molar-refractivity contribution is 5.83. The Morgan fingerprint density at radius 2 is 2.11 bits per heavy atom. The third-order valence-corrected chi connectivity index (χ3v) is 3.84. The quantitative estimate of drug-likeness (QED) is 0.875. The van der Waals surface area contributed by atoms with Crippen LogP contribution in [0.5, 0.6) is 0 Å². The third-order valence-electron chi connectivity index (χ3n) is 3.84. The predicted molar refractivity (Wildman–Crippen MR) is 70.6 cm³/mol. The Labute approximate surface area is 108 Å². The SMILES string of the molecule is CC1CC(CN)(C(=O)N(C)Cc2ccncc2)C1. The number of rotatable bonds is 4. The molecular weight excluding hydrogens is 226 g/mol. The topological polar surface area (TPSA) is 59.2 Å². The molecule has 0 bridgehead atoms. The summed E-state index contributed by atoms with van der Waals surface area (Å²) >= 11 is 0. The minimum absolute atomic E-state index is 0.180. The van der Waals surface area contributed by atoms with E-state index in [9.17, 15) is 4.79 Å². The van der Waals surface area contributed by atoms with E-state index >= 15 is 0 Å². The molecule has 4 nitrogen and oxygen atoms in total. The lowest BCUT2D eigenvalue weighted by Gasteiger charge is -2.46. The Morgan fingerprint density at radius 3 is 2.61 bits per heavy atom. The molecule has 1 aromatic heterocycles. The molecule has 0 spiro atoms. The smallest absolute Gasteiger partial charge is 0.230 e. The molecule has 98 valence electrons. The van der Waals surface area contributed by atoms with Crippen LogP contribution in [0.2, 0.25) is 0 Å². The van der Waals surface area contributed by atoms with E-state index in [1.165, 1.54) is 0 Å². The van der Waals surface area contributed by atoms with Crippen molar-refractivity contribution in [2.45, 2.75) is 26.3 Å². The lowest BCUT2D eigenvalue weighted by atomic mass is 9.62. The van der Waals surface area contributed by atoms with Crippen LogP contribution in [0.3, 0.4) is 0 Å². The second-order valence-electron chi connectivity index (χ2n) is 5.51. The van der Waals surface area contributed by atoms with Gasteiger partial charge in [0.15, 0.2) is 0 Å². The van der Waals surface area contributed by atoms with E-state index in [2.05, 4.69) is 11.9 Å². The number of carbonyl (C=O) groups is 1. The summed E-state index contributed by atoms with van der Waals surface area (Å²) in [4.78, 5) is 18.2. The molecule has 4 heteroatoms. The summed E-state index contributed by atoms with van der Waals surface area (Å²) in [6, 6.07) is 3.87. The first-order chi connectivity index (χ1) is 8.57. The van der Waals surface area contributed by atoms with Gasteiger partial charge in [0, 0.05) is 32.5 Å². The summed E-state index contributed by atoms with van der Waals surface area (Å²) < 4.78 is 0. The lowest BCUT2D eigenvalue weighted by Crippen LogP contribution is -2.53. The Kier molecular flexibility index (Phi) is 3.66. The first-order valence-electron chi connectivity index (χ1n) is 6.42. The second-order valence-corrected chi connectivity index (χ2v) is 5.51. The van der Waals surface area contributed by atoms with Crippen molar-refractivity contribution in [1.29, 1.82) is 0 Å². The van der Waals surface area contributed by atoms with Crippen LogP contribution in [0.1, 0.15) is 25.3 Å². The van der Waals surface area contributed by atoms with Gasteiger partial charge < -0.3 is 10.6 Å². The van der Waals surface area contributed by atoms with Crippen LogP contribution in [-0.2, 0) is 11.3 Å². The molecule has 0 aliphatic heterocycles. The fourth-order valence-corrected chi connectivity index (χ4v) is 2.94. The van der Waals surface area contributed by atoms with Gasteiger partial charge in [-0.3, -0.25) is 9.78 Å². The molecule has 1 aromatic rings. The highest BCUT2D eigenvalue weighted by Gasteiger charge is 2.48. The molecule has 1 amide bonds. The normalized spacial score (nSPS) is 26.5. The van der Waals surface area contributed by atoms with Crippen LogP contribution in [0.4, 0.5) is 0 Å². The number of nitrogens with zero attached hydrogens (tertiary/aromatic N) is 2. The van der Waals surface area contributed by atoms with Gasteiger partial charge in [-0.25, -0.2) is 0 Å². The summed E-state index contributed by atoms with van der Waals surface area (Å²) in [5.41, 5.74) is 6.60. The summed E-state index contributed by atoms with van der Waals surface area (Å²) in [6.45, 7) is 3.25. The Balaban J connectivity index is 2.01. The van der Waals surface area contributed by atoms with Crippen LogP contribution in [0.15, 0.2) is 24.5 Å². The van der Waals surface area contributed by atoms with Gasteiger partial charge in [0.05, 0.1) is 5.41 Å². The predicted octanol–water partition coefficient (Wildman–Crippen LogP) is 1.41. The lowest BCUT2D eigenvalue weighted by molar-refractivity contribution is -0.148. The molecule has 1 saturated carbocycles. The van der Waals surface area contributed by atoms with E-state index in [0.29, 0.717) is 19.0 Å². The number of nitrogens with two attached hydrogens (primary N) is 1. The van der Waals surface area contributed by atoms with Crippen molar-refractivity contribution in [3.63, 3.8) is 0 Å². The Bertz CT molecular complexity index is 412. The van der Waals surface area contributed by atoms with Crippen LogP contribution < -0.4 is 5.73 Å². The number of amides is 1. The molecule has 2 N–H and O–H groups in total. The van der Waals surface area contributed by atoms with Crippen molar-refractivity contribution >= 4 is 5.91 Å². The molecular formula is C14H21N3O. The van der Waals surface area contributed by atoms with Gasteiger partial charge in [-0.2, -0.15) is 0 Å². The second kappa shape index (κ2) is 5.06. The molecule has 0 atom stereocenters. The zero-order chi connectivity index (χ0) is 13.2. The van der Waals surface area contributed by atoms with E-state index < -0.39 is 0 Å². The fourth-order valence-electron chi connectivity index (χ4n) is 2.94. The van der Waals surface area contributed by atoms with Crippen molar-refractivity contribution in [3.8, 4) is 0 Å². The average molecular weight is 247 g/mol. The molecule has 2 rings (SSSR count). The number of hydrogen-bond acceptors (Lipinski definition) is 3. The molecule has 0 saturated heterocycles. The number of carbonyl (C=O) groups excluding carboxylic acids is 1. The average Bonchev–Trinajstić information content (AvgIpc) is 2.35. The zero-order valence-corrected chi connectivity index (χ0v) is 11.1. The van der Waals surface area contributed by atoms with Gasteiger partial charge in [-0.1, -0.05) is 6.92 Å². The molecule has 0 aromatic carbocycles. The first-order valence-corrected chi connectivity index (χ1v) is 6.42. The van der Waals surface area contributed by atoms with Crippen molar-refractivity contribution in [3.05, 3.63) is 30.1 Å². The summed E-state index contributed by atoms with van der Waals surface area (Å²) in [5, 5.41) is 0. The van der Waals surface area contributed by atoms with Gasteiger partial charge in [0.25, 0.3) is 0 Å². The van der Waals surface area contributed by atoms with Crippen molar-refractivity contribution in [1.82, 2.24) is 9.88 Å². The van der Waals surface area contributed by atoms with Gasteiger partial charge >= 0.3 is 0 Å². The zero-order valence-electron chi connectivity index (χ0n) is 11.1. The molecule has 18 heavy (non-hydrogen) atoms. The van der Waals surface area contributed by atoms with Gasteiger partial charge in [0.2, 0.25) is 5.91 Å². The molecule has 1 aliphatic carbocycles. The molecule has 1 heterocycles. The third kappa shape index (κ3) is 2.38. The molecule has 1 aliphatic rings. The minimum Gasteiger partial charge on any atom is -0.341 e. The number of aromatic nitrogens is 1. The Morgan fingerprint density at radius 1 is 1.50 bits per heavy atom. The van der Waals surface area contributed by atoms with Crippen molar-refractivity contribution < 1.29 is 4.79 Å². The maximum absolute atomic E-state index is 12.5. The number of hydrogen-bond donors (Lipinski definition) is 1. The first kappa shape index (κ1) is 13.0. The fraction of sp³-hybridized carbons (Fsp3) is 0.571. The van der Waals surface area contributed by atoms with E-state index in [1.807, 2.05) is 19.2 Å². The highest BCUT2D eigenvalue weighted by atomic mass is 16.2. The maximum Gasteiger partial charge on any atom is 0.230 e. The van der Waals surface area contributed by atoms with Crippen LogP contribution in [0, 0.1) is 11.3 Å². The summed E-state index contributed by atoms with van der Waals surface area (Å²) in [6.07, 6.45) is 5.33. The maximum atomic E-state index is 12.5. The van der Waals surface area contributed by atoms with Gasteiger partial charge in [-0.15, -0.1) is 0 Å². The van der Waals surface area contributed by atoms with Crippen molar-refractivity contribution in [2.24, 2.45) is 17.1 Å². The highest BCUT2D eigenvalue weighted by Crippen LogP contribution is 2.45. The standard InChI is InChI=1S/C14H21N3O/c1-11-7-14(8-11,10-15)13(18)17(2)9-12-3-5-16-6-4-12/h3-6,11H,7-10,15H2,1-2H3. The van der Waals surface area contributed by atoms with E-state index in [1.54, 1.807) is 17.3 Å². The van der Waals surface area contributed by atoms with E-state index in [4.69, 9.17) is 5.73 Å². The van der Waals surface area contributed by atoms with Crippen LogP contribution in [-0.4, -0.2) is 29.4 Å². The largest absolute Gasteiger partial charge is 0.341 e. The van der Waals surface area contributed by atoms with E-state index in [-0.39, 0.29) is 11.3 Å². The molecule has 0 radical (unpaired) electrons. The minimum atomic E-state index is -0.304. The van der Waals surface area contributed by atoms with Crippen LogP contribution in [0.25, 0.3) is 0 Å². The Hall–Kier alpha value is -1.42. The molecule has 0 unspecified atom stereocenters. The monoisotopic (exact) mass is 247 g/mol. The molecule has 1 fully saturated rings. The summed E-state index contributed by atoms with van der Waals surface area (Å²) in [7, 11) is 1.85. The van der Waals surface area contributed by atoms with Crippen LogP contribution >= 0.6 is 0 Å². The summed E-state index contributed by atoms with van der Waals surface area (Å²) in [5.74, 6) is 0.798. The van der Waals surface area contributed by atoms with E-state index in [0.717, 1.165) is 18.4 Å². The van der Waals surface area contributed by atoms with Gasteiger partial charge in [-0.05, 0) is 36.5 Å².